The molecule has 1 aliphatic rings. The molecular formula is C14H18O2. The minimum atomic E-state index is 0.409. The zero-order valence-electron chi connectivity index (χ0n) is 9.74. The van der Waals surface area contributed by atoms with Gasteiger partial charge in [-0.25, -0.2) is 0 Å². The molecule has 1 saturated carbocycles. The van der Waals surface area contributed by atoms with Gasteiger partial charge in [-0.05, 0) is 43.4 Å². The van der Waals surface area contributed by atoms with E-state index in [4.69, 9.17) is 4.74 Å². The molecule has 16 heavy (non-hydrogen) atoms. The number of hydrogen-bond donors (Lipinski definition) is 0. The molecule has 2 heteroatoms. The van der Waals surface area contributed by atoms with E-state index in [1.54, 1.807) is 0 Å². The van der Waals surface area contributed by atoms with Crippen molar-refractivity contribution in [1.29, 1.82) is 0 Å². The van der Waals surface area contributed by atoms with E-state index in [-0.39, 0.29) is 0 Å². The Labute approximate surface area is 96.6 Å². The van der Waals surface area contributed by atoms with Crippen molar-refractivity contribution in [2.45, 2.75) is 32.6 Å². The van der Waals surface area contributed by atoms with Gasteiger partial charge in [0, 0.05) is 12.8 Å². The van der Waals surface area contributed by atoms with Crippen LogP contribution in [0.4, 0.5) is 0 Å². The first-order chi connectivity index (χ1) is 7.74. The zero-order valence-corrected chi connectivity index (χ0v) is 9.74. The first kappa shape index (κ1) is 11.2. The Hall–Kier alpha value is -1.31. The average molecular weight is 218 g/mol. The molecule has 2 nitrogen and oxygen atoms in total. The van der Waals surface area contributed by atoms with E-state index < -0.39 is 0 Å². The van der Waals surface area contributed by atoms with Crippen LogP contribution in [0.3, 0.4) is 0 Å². The summed E-state index contributed by atoms with van der Waals surface area (Å²) < 4.78 is 5.75. The maximum Gasteiger partial charge on any atom is 0.132 e. The SMILES string of the molecule is Cc1cccc(OCC2CCC(=O)CC2)c1. The molecule has 0 saturated heterocycles. The van der Waals surface area contributed by atoms with E-state index in [2.05, 4.69) is 13.0 Å². The van der Waals surface area contributed by atoms with Crippen molar-refractivity contribution in [3.8, 4) is 5.75 Å². The topological polar surface area (TPSA) is 26.3 Å². The van der Waals surface area contributed by atoms with Crippen LogP contribution in [-0.4, -0.2) is 12.4 Å². The number of aryl methyl sites for hydroxylation is 1. The van der Waals surface area contributed by atoms with Gasteiger partial charge in [0.1, 0.15) is 11.5 Å². The highest BCUT2D eigenvalue weighted by Crippen LogP contribution is 2.23. The lowest BCUT2D eigenvalue weighted by Gasteiger charge is -2.21. The average Bonchev–Trinajstić information content (AvgIpc) is 2.28. The summed E-state index contributed by atoms with van der Waals surface area (Å²) in [6.45, 7) is 2.81. The van der Waals surface area contributed by atoms with Crippen molar-refractivity contribution in [2.75, 3.05) is 6.61 Å². The molecule has 0 aromatic heterocycles. The van der Waals surface area contributed by atoms with Gasteiger partial charge in [-0.2, -0.15) is 0 Å². The standard InChI is InChI=1S/C14H18O2/c1-11-3-2-4-14(9-11)16-10-12-5-7-13(15)8-6-12/h2-4,9,12H,5-8,10H2,1H3. The lowest BCUT2D eigenvalue weighted by molar-refractivity contribution is -0.121. The quantitative estimate of drug-likeness (QED) is 0.779. The first-order valence-electron chi connectivity index (χ1n) is 5.95. The largest absolute Gasteiger partial charge is 0.493 e. The Balaban J connectivity index is 1.81. The van der Waals surface area contributed by atoms with E-state index in [0.717, 1.165) is 38.0 Å². The summed E-state index contributed by atoms with van der Waals surface area (Å²) >= 11 is 0. The van der Waals surface area contributed by atoms with Crippen LogP contribution in [0.25, 0.3) is 0 Å². The third kappa shape index (κ3) is 3.09. The minimum absolute atomic E-state index is 0.409. The van der Waals surface area contributed by atoms with Crippen LogP contribution in [0.15, 0.2) is 24.3 Å². The number of hydrogen-bond acceptors (Lipinski definition) is 2. The second-order valence-corrected chi connectivity index (χ2v) is 4.61. The highest BCUT2D eigenvalue weighted by atomic mass is 16.5. The fourth-order valence-corrected chi connectivity index (χ4v) is 2.09. The predicted octanol–water partition coefficient (Wildman–Crippen LogP) is 3.13. The molecular weight excluding hydrogens is 200 g/mol. The highest BCUT2D eigenvalue weighted by molar-refractivity contribution is 5.79. The molecule has 1 aliphatic carbocycles. The third-order valence-corrected chi connectivity index (χ3v) is 3.14. The lowest BCUT2D eigenvalue weighted by Crippen LogP contribution is -2.19. The number of benzene rings is 1. The van der Waals surface area contributed by atoms with Crippen LogP contribution in [0.5, 0.6) is 5.75 Å². The molecule has 1 fully saturated rings. The summed E-state index contributed by atoms with van der Waals surface area (Å²) in [6.07, 6.45) is 3.46. The molecule has 0 bridgehead atoms. The minimum Gasteiger partial charge on any atom is -0.493 e. The number of ether oxygens (including phenoxy) is 1. The van der Waals surface area contributed by atoms with Crippen LogP contribution in [0.2, 0.25) is 0 Å². The highest BCUT2D eigenvalue weighted by Gasteiger charge is 2.18. The van der Waals surface area contributed by atoms with Crippen molar-refractivity contribution in [2.24, 2.45) is 5.92 Å². The van der Waals surface area contributed by atoms with Crippen LogP contribution in [0, 0.1) is 12.8 Å². The molecule has 0 aliphatic heterocycles. The molecule has 1 aromatic rings. The normalized spacial score (nSPS) is 17.4. The molecule has 0 N–H and O–H groups in total. The Bertz CT molecular complexity index is 361. The fraction of sp³-hybridized carbons (Fsp3) is 0.500. The second-order valence-electron chi connectivity index (χ2n) is 4.61. The van der Waals surface area contributed by atoms with E-state index >= 15 is 0 Å². The number of carbonyl (C=O) groups excluding carboxylic acids is 1. The van der Waals surface area contributed by atoms with E-state index in [1.807, 2.05) is 18.2 Å². The van der Waals surface area contributed by atoms with Crippen molar-refractivity contribution >= 4 is 5.78 Å². The molecule has 0 atom stereocenters. The van der Waals surface area contributed by atoms with Gasteiger partial charge < -0.3 is 4.74 Å². The first-order valence-corrected chi connectivity index (χ1v) is 5.95. The second kappa shape index (κ2) is 5.15. The van der Waals surface area contributed by atoms with E-state index in [0.29, 0.717) is 11.7 Å². The van der Waals surface area contributed by atoms with Gasteiger partial charge in [0.15, 0.2) is 0 Å². The lowest BCUT2D eigenvalue weighted by atomic mass is 9.89. The monoisotopic (exact) mass is 218 g/mol. The molecule has 0 unspecified atom stereocenters. The van der Waals surface area contributed by atoms with Gasteiger partial charge in [-0.3, -0.25) is 4.79 Å². The van der Waals surface area contributed by atoms with Gasteiger partial charge in [0.2, 0.25) is 0 Å². The van der Waals surface area contributed by atoms with Crippen molar-refractivity contribution in [3.63, 3.8) is 0 Å². The summed E-state index contributed by atoms with van der Waals surface area (Å²) in [4.78, 5) is 11.1. The summed E-state index contributed by atoms with van der Waals surface area (Å²) in [5.74, 6) is 1.90. The van der Waals surface area contributed by atoms with Crippen molar-refractivity contribution < 1.29 is 9.53 Å². The maximum absolute atomic E-state index is 11.1. The van der Waals surface area contributed by atoms with Gasteiger partial charge in [-0.15, -0.1) is 0 Å². The molecule has 0 radical (unpaired) electrons. The Morgan fingerprint density at radius 2 is 2.06 bits per heavy atom. The van der Waals surface area contributed by atoms with Gasteiger partial charge in [-0.1, -0.05) is 12.1 Å². The third-order valence-electron chi connectivity index (χ3n) is 3.14. The smallest absolute Gasteiger partial charge is 0.132 e. The summed E-state index contributed by atoms with van der Waals surface area (Å²) in [5, 5.41) is 0. The zero-order chi connectivity index (χ0) is 11.4. The van der Waals surface area contributed by atoms with Crippen LogP contribution in [0.1, 0.15) is 31.2 Å². The van der Waals surface area contributed by atoms with E-state index in [1.165, 1.54) is 5.56 Å². The molecule has 0 spiro atoms. The fourth-order valence-electron chi connectivity index (χ4n) is 2.09. The van der Waals surface area contributed by atoms with Crippen LogP contribution >= 0.6 is 0 Å². The number of carbonyl (C=O) groups is 1. The van der Waals surface area contributed by atoms with Crippen LogP contribution < -0.4 is 4.74 Å². The maximum atomic E-state index is 11.1. The molecule has 0 heterocycles. The van der Waals surface area contributed by atoms with E-state index in [9.17, 15) is 4.79 Å². The van der Waals surface area contributed by atoms with Gasteiger partial charge in [0.05, 0.1) is 6.61 Å². The number of Topliss-reactive ketones (excluding diaryl/α,β-unsaturated/α-hetero) is 1. The number of ketones is 1. The molecule has 2 rings (SSSR count). The molecule has 1 aromatic carbocycles. The molecule has 86 valence electrons. The van der Waals surface area contributed by atoms with Crippen LogP contribution in [-0.2, 0) is 4.79 Å². The Kier molecular flexibility index (Phi) is 3.60. The predicted molar refractivity (Wildman–Crippen MR) is 63.6 cm³/mol. The van der Waals surface area contributed by atoms with Gasteiger partial charge in [0.25, 0.3) is 0 Å². The van der Waals surface area contributed by atoms with Gasteiger partial charge >= 0.3 is 0 Å². The Morgan fingerprint density at radius 3 is 2.75 bits per heavy atom. The molecule has 0 amide bonds. The van der Waals surface area contributed by atoms with Crippen molar-refractivity contribution in [3.05, 3.63) is 29.8 Å². The summed E-state index contributed by atoms with van der Waals surface area (Å²) in [6, 6.07) is 8.11. The Morgan fingerprint density at radius 1 is 1.31 bits per heavy atom. The van der Waals surface area contributed by atoms with Crippen molar-refractivity contribution in [1.82, 2.24) is 0 Å². The number of rotatable bonds is 3. The summed E-state index contributed by atoms with van der Waals surface area (Å²) in [7, 11) is 0. The summed E-state index contributed by atoms with van der Waals surface area (Å²) in [5.41, 5.74) is 1.22.